The number of nitriles is 1. The lowest BCUT2D eigenvalue weighted by molar-refractivity contribution is -0.137. The normalized spacial score (nSPS) is 13.1. The lowest BCUT2D eigenvalue weighted by atomic mass is 10.0. The Morgan fingerprint density at radius 3 is 2.45 bits per heavy atom. The van der Waals surface area contributed by atoms with Gasteiger partial charge in [-0.05, 0) is 30.5 Å². The van der Waals surface area contributed by atoms with Crippen LogP contribution in [-0.2, 0) is 6.18 Å². The van der Waals surface area contributed by atoms with E-state index >= 15 is 0 Å². The van der Waals surface area contributed by atoms with Crippen molar-refractivity contribution in [1.29, 1.82) is 5.26 Å². The molecule has 1 unspecified atom stereocenters. The van der Waals surface area contributed by atoms with Crippen LogP contribution in [-0.4, -0.2) is 12.6 Å². The average Bonchev–Trinajstić information content (AvgIpc) is 2.35. The maximum atomic E-state index is 12.7. The van der Waals surface area contributed by atoms with Gasteiger partial charge in [-0.25, -0.2) is 0 Å². The molecule has 0 saturated heterocycles. The maximum Gasteiger partial charge on any atom is 0.417 e. The summed E-state index contributed by atoms with van der Waals surface area (Å²) in [6.45, 7) is 4.46. The van der Waals surface area contributed by atoms with E-state index in [1.54, 1.807) is 6.07 Å². The van der Waals surface area contributed by atoms with Crippen LogP contribution < -0.4 is 11.1 Å². The molecule has 0 amide bonds. The van der Waals surface area contributed by atoms with E-state index in [4.69, 9.17) is 11.0 Å². The molecule has 0 aliphatic heterocycles. The quantitative estimate of drug-likeness (QED) is 0.872. The largest absolute Gasteiger partial charge is 0.417 e. The monoisotopic (exact) mass is 285 g/mol. The molecule has 0 aliphatic carbocycles. The Kier molecular flexibility index (Phi) is 5.40. The first kappa shape index (κ1) is 16.3. The Bertz CT molecular complexity index is 489. The van der Waals surface area contributed by atoms with Crippen LogP contribution in [0.4, 0.5) is 18.9 Å². The van der Waals surface area contributed by atoms with Gasteiger partial charge >= 0.3 is 6.18 Å². The van der Waals surface area contributed by atoms with Gasteiger partial charge in [0.2, 0.25) is 0 Å². The molecule has 3 nitrogen and oxygen atoms in total. The first-order chi connectivity index (χ1) is 9.27. The van der Waals surface area contributed by atoms with Crippen LogP contribution in [0.5, 0.6) is 0 Å². The smallest absolute Gasteiger partial charge is 0.381 e. The van der Waals surface area contributed by atoms with Crippen molar-refractivity contribution in [2.75, 3.05) is 11.9 Å². The third kappa shape index (κ3) is 4.42. The Labute approximate surface area is 116 Å². The Balaban J connectivity index is 2.96. The van der Waals surface area contributed by atoms with Gasteiger partial charge in [0.25, 0.3) is 0 Å². The molecule has 0 saturated carbocycles. The van der Waals surface area contributed by atoms with Gasteiger partial charge in [-0.15, -0.1) is 0 Å². The standard InChI is InChI=1S/C14H18F3N3/c1-9(2)5-12(8-19)20-11-3-4-13(14(15,16)17)10(6-11)7-18/h3-4,6,9,12,20H,5,8,19H2,1-2H3. The molecule has 0 aromatic heterocycles. The summed E-state index contributed by atoms with van der Waals surface area (Å²) >= 11 is 0. The topological polar surface area (TPSA) is 61.8 Å². The fraction of sp³-hybridized carbons (Fsp3) is 0.500. The van der Waals surface area contributed by atoms with Crippen molar-refractivity contribution in [2.45, 2.75) is 32.5 Å². The SMILES string of the molecule is CC(C)CC(CN)Nc1ccc(C(F)(F)F)c(C#N)c1. The fourth-order valence-corrected chi connectivity index (χ4v) is 1.99. The summed E-state index contributed by atoms with van der Waals surface area (Å²) in [6.07, 6.45) is -3.71. The molecule has 1 aromatic carbocycles. The molecular weight excluding hydrogens is 267 g/mol. The molecule has 20 heavy (non-hydrogen) atoms. The van der Waals surface area contributed by atoms with E-state index in [-0.39, 0.29) is 11.6 Å². The van der Waals surface area contributed by atoms with Crippen LogP contribution in [0.3, 0.4) is 0 Å². The fourth-order valence-electron chi connectivity index (χ4n) is 1.99. The van der Waals surface area contributed by atoms with Gasteiger partial charge in [0.1, 0.15) is 0 Å². The molecule has 0 radical (unpaired) electrons. The summed E-state index contributed by atoms with van der Waals surface area (Å²) in [6, 6.07) is 5.01. The molecule has 0 spiro atoms. The number of hydrogen-bond donors (Lipinski definition) is 2. The first-order valence-corrected chi connectivity index (χ1v) is 6.35. The van der Waals surface area contributed by atoms with Crippen LogP contribution in [0.25, 0.3) is 0 Å². The number of hydrogen-bond acceptors (Lipinski definition) is 3. The molecule has 0 heterocycles. The predicted octanol–water partition coefficient (Wildman–Crippen LogP) is 3.36. The van der Waals surface area contributed by atoms with Gasteiger partial charge in [0.05, 0.1) is 17.2 Å². The molecular formula is C14H18F3N3. The van der Waals surface area contributed by atoms with Gasteiger partial charge < -0.3 is 11.1 Å². The molecule has 1 rings (SSSR count). The summed E-state index contributed by atoms with van der Waals surface area (Å²) in [5.41, 5.74) is 4.80. The van der Waals surface area contributed by atoms with Crippen molar-refractivity contribution in [3.63, 3.8) is 0 Å². The number of rotatable bonds is 5. The van der Waals surface area contributed by atoms with Gasteiger partial charge in [-0.3, -0.25) is 0 Å². The minimum absolute atomic E-state index is 0.0294. The number of nitrogens with zero attached hydrogens (tertiary/aromatic N) is 1. The van der Waals surface area contributed by atoms with Crippen molar-refractivity contribution in [1.82, 2.24) is 0 Å². The predicted molar refractivity (Wildman–Crippen MR) is 72.1 cm³/mol. The molecule has 3 N–H and O–H groups in total. The summed E-state index contributed by atoms with van der Waals surface area (Å²) in [7, 11) is 0. The second-order valence-corrected chi connectivity index (χ2v) is 5.08. The van der Waals surface area contributed by atoms with Crippen molar-refractivity contribution in [3.05, 3.63) is 29.3 Å². The minimum Gasteiger partial charge on any atom is -0.381 e. The van der Waals surface area contributed by atoms with Crippen LogP contribution in [0, 0.1) is 17.2 Å². The number of nitrogens with one attached hydrogen (secondary N) is 1. The van der Waals surface area contributed by atoms with E-state index in [9.17, 15) is 13.2 Å². The van der Waals surface area contributed by atoms with Crippen molar-refractivity contribution in [2.24, 2.45) is 11.7 Å². The van der Waals surface area contributed by atoms with Crippen molar-refractivity contribution in [3.8, 4) is 6.07 Å². The van der Waals surface area contributed by atoms with Crippen LogP contribution in [0.15, 0.2) is 18.2 Å². The van der Waals surface area contributed by atoms with E-state index in [2.05, 4.69) is 5.32 Å². The molecule has 0 aliphatic rings. The lowest BCUT2D eigenvalue weighted by Crippen LogP contribution is -2.30. The van der Waals surface area contributed by atoms with E-state index < -0.39 is 11.7 Å². The molecule has 0 fully saturated rings. The van der Waals surface area contributed by atoms with Gasteiger partial charge in [0, 0.05) is 18.3 Å². The van der Waals surface area contributed by atoms with E-state index in [1.807, 2.05) is 13.8 Å². The van der Waals surface area contributed by atoms with Crippen LogP contribution in [0.1, 0.15) is 31.4 Å². The number of halogens is 3. The van der Waals surface area contributed by atoms with Crippen molar-refractivity contribution < 1.29 is 13.2 Å². The third-order valence-electron chi connectivity index (χ3n) is 2.86. The Hall–Kier alpha value is -1.74. The second-order valence-electron chi connectivity index (χ2n) is 5.08. The average molecular weight is 285 g/mol. The second kappa shape index (κ2) is 6.62. The van der Waals surface area contributed by atoms with Crippen LogP contribution >= 0.6 is 0 Å². The molecule has 1 atom stereocenters. The number of anilines is 1. The number of alkyl halides is 3. The summed E-state index contributed by atoms with van der Waals surface area (Å²) < 4.78 is 38.0. The highest BCUT2D eigenvalue weighted by atomic mass is 19.4. The molecule has 6 heteroatoms. The summed E-state index contributed by atoms with van der Waals surface area (Å²) in [4.78, 5) is 0. The summed E-state index contributed by atoms with van der Waals surface area (Å²) in [5.74, 6) is 0.418. The van der Waals surface area contributed by atoms with Crippen molar-refractivity contribution >= 4 is 5.69 Å². The minimum atomic E-state index is -4.52. The van der Waals surface area contributed by atoms with E-state index in [1.165, 1.54) is 12.1 Å². The zero-order valence-corrected chi connectivity index (χ0v) is 11.5. The highest BCUT2D eigenvalue weighted by Crippen LogP contribution is 2.33. The number of benzene rings is 1. The van der Waals surface area contributed by atoms with E-state index in [0.29, 0.717) is 18.2 Å². The first-order valence-electron chi connectivity index (χ1n) is 6.35. The zero-order chi connectivity index (χ0) is 15.3. The highest BCUT2D eigenvalue weighted by molar-refractivity contribution is 5.54. The molecule has 110 valence electrons. The highest BCUT2D eigenvalue weighted by Gasteiger charge is 2.33. The molecule has 1 aromatic rings. The molecule has 0 bridgehead atoms. The van der Waals surface area contributed by atoms with E-state index in [0.717, 1.165) is 12.5 Å². The van der Waals surface area contributed by atoms with Gasteiger partial charge in [-0.2, -0.15) is 18.4 Å². The Morgan fingerprint density at radius 2 is 2.00 bits per heavy atom. The lowest BCUT2D eigenvalue weighted by Gasteiger charge is -2.20. The van der Waals surface area contributed by atoms with Crippen LogP contribution in [0.2, 0.25) is 0 Å². The maximum absolute atomic E-state index is 12.7. The van der Waals surface area contributed by atoms with Gasteiger partial charge in [-0.1, -0.05) is 13.8 Å². The zero-order valence-electron chi connectivity index (χ0n) is 11.5. The Morgan fingerprint density at radius 1 is 1.35 bits per heavy atom. The third-order valence-corrected chi connectivity index (χ3v) is 2.86. The van der Waals surface area contributed by atoms with Gasteiger partial charge in [0.15, 0.2) is 0 Å². The number of nitrogens with two attached hydrogens (primary N) is 1. The summed E-state index contributed by atoms with van der Waals surface area (Å²) in [5, 5.41) is 11.9.